The molecule has 1 aromatic heterocycles. The molecular formula is C22H23N3O3. The fourth-order valence-corrected chi connectivity index (χ4v) is 3.11. The molecule has 28 heavy (non-hydrogen) atoms. The number of benzene rings is 2. The Morgan fingerprint density at radius 2 is 1.68 bits per heavy atom. The van der Waals surface area contributed by atoms with Gasteiger partial charge >= 0.3 is 5.69 Å². The lowest BCUT2D eigenvalue weighted by Gasteiger charge is -2.14. The largest absolute Gasteiger partial charge is 0.494 e. The lowest BCUT2D eigenvalue weighted by molar-refractivity contribution is 0.407. The van der Waals surface area contributed by atoms with Crippen molar-refractivity contribution in [2.45, 2.75) is 32.9 Å². The zero-order chi connectivity index (χ0) is 20.1. The van der Waals surface area contributed by atoms with Crippen molar-refractivity contribution in [3.63, 3.8) is 0 Å². The van der Waals surface area contributed by atoms with Gasteiger partial charge in [0.1, 0.15) is 5.56 Å². The summed E-state index contributed by atoms with van der Waals surface area (Å²) in [4.78, 5) is 31.7. The summed E-state index contributed by atoms with van der Waals surface area (Å²) in [7, 11) is 0. The molecule has 6 nitrogen and oxygen atoms in total. The van der Waals surface area contributed by atoms with Crippen LogP contribution in [0.5, 0.6) is 5.88 Å². The number of aliphatic imine (C=N–C) groups is 1. The second-order valence-electron chi connectivity index (χ2n) is 6.55. The fourth-order valence-electron chi connectivity index (χ4n) is 3.11. The molecule has 0 radical (unpaired) electrons. The molecule has 0 fully saturated rings. The first-order valence-electron chi connectivity index (χ1n) is 9.23. The molecule has 0 amide bonds. The van der Waals surface area contributed by atoms with E-state index in [-0.39, 0.29) is 24.0 Å². The third-order valence-electron chi connectivity index (χ3n) is 4.61. The van der Waals surface area contributed by atoms with Crippen molar-refractivity contribution in [3.05, 3.63) is 98.2 Å². The van der Waals surface area contributed by atoms with Gasteiger partial charge in [0.05, 0.1) is 18.3 Å². The van der Waals surface area contributed by atoms with Crippen molar-refractivity contribution in [1.29, 1.82) is 0 Å². The van der Waals surface area contributed by atoms with Crippen LogP contribution >= 0.6 is 0 Å². The van der Waals surface area contributed by atoms with Gasteiger partial charge in [0.25, 0.3) is 5.56 Å². The summed E-state index contributed by atoms with van der Waals surface area (Å²) in [5.74, 6) is -0.363. The highest BCUT2D eigenvalue weighted by Crippen LogP contribution is 2.21. The molecule has 0 bridgehead atoms. The van der Waals surface area contributed by atoms with E-state index in [2.05, 4.69) is 9.98 Å². The number of aromatic amines is 1. The van der Waals surface area contributed by atoms with Crippen LogP contribution in [-0.4, -0.2) is 20.4 Å². The molecule has 1 unspecified atom stereocenters. The fraction of sp³-hybridized carbons (Fsp3) is 0.227. The molecule has 0 aliphatic carbocycles. The molecule has 1 atom stereocenters. The number of H-pyrrole nitrogens is 1. The summed E-state index contributed by atoms with van der Waals surface area (Å²) in [5, 5.41) is 10.8. The number of rotatable bonds is 6. The SMILES string of the molecule is CCC(=NC(C)c1ccccc1)c1c(O)n(Cc2ccccc2)c(=O)[nH]c1=O. The lowest BCUT2D eigenvalue weighted by Crippen LogP contribution is -2.34. The van der Waals surface area contributed by atoms with Crippen LogP contribution in [0, 0.1) is 0 Å². The second-order valence-corrected chi connectivity index (χ2v) is 6.55. The number of aromatic nitrogens is 2. The molecule has 3 aromatic rings. The van der Waals surface area contributed by atoms with Gasteiger partial charge < -0.3 is 5.11 Å². The van der Waals surface area contributed by atoms with E-state index in [0.29, 0.717) is 12.1 Å². The summed E-state index contributed by atoms with van der Waals surface area (Å²) in [5.41, 5.74) is 1.06. The highest BCUT2D eigenvalue weighted by atomic mass is 16.3. The molecule has 0 aliphatic heterocycles. The van der Waals surface area contributed by atoms with Gasteiger partial charge in [0.15, 0.2) is 0 Å². The Labute approximate surface area is 162 Å². The van der Waals surface area contributed by atoms with Gasteiger partial charge in [-0.15, -0.1) is 0 Å². The third-order valence-corrected chi connectivity index (χ3v) is 4.61. The molecule has 0 saturated carbocycles. The molecule has 144 valence electrons. The van der Waals surface area contributed by atoms with Crippen LogP contribution in [0.2, 0.25) is 0 Å². The Balaban J connectivity index is 2.07. The maximum absolute atomic E-state index is 12.5. The van der Waals surface area contributed by atoms with Crippen LogP contribution in [-0.2, 0) is 6.54 Å². The van der Waals surface area contributed by atoms with Crippen LogP contribution in [0.25, 0.3) is 0 Å². The number of nitrogens with zero attached hydrogens (tertiary/aromatic N) is 2. The summed E-state index contributed by atoms with van der Waals surface area (Å²) in [6.07, 6.45) is 0.442. The van der Waals surface area contributed by atoms with Gasteiger partial charge in [-0.1, -0.05) is 67.6 Å². The highest BCUT2D eigenvalue weighted by molar-refractivity contribution is 6.02. The average molecular weight is 377 g/mol. The van der Waals surface area contributed by atoms with E-state index in [1.165, 1.54) is 0 Å². The summed E-state index contributed by atoms with van der Waals surface area (Å²) in [6, 6.07) is 18.8. The molecule has 0 spiro atoms. The van der Waals surface area contributed by atoms with Crippen LogP contribution in [0.15, 0.2) is 75.2 Å². The summed E-state index contributed by atoms with van der Waals surface area (Å²) >= 11 is 0. The zero-order valence-corrected chi connectivity index (χ0v) is 15.9. The number of hydrogen-bond donors (Lipinski definition) is 2. The Hall–Kier alpha value is -3.41. The summed E-state index contributed by atoms with van der Waals surface area (Å²) in [6.45, 7) is 3.94. The van der Waals surface area contributed by atoms with Crippen LogP contribution in [0.3, 0.4) is 0 Å². The van der Waals surface area contributed by atoms with Crippen molar-refractivity contribution >= 4 is 5.71 Å². The van der Waals surface area contributed by atoms with E-state index in [9.17, 15) is 14.7 Å². The van der Waals surface area contributed by atoms with Crippen molar-refractivity contribution in [2.24, 2.45) is 4.99 Å². The standard InChI is InChI=1S/C22H23N3O3/c1-3-18(23-15(2)17-12-8-5-9-13-17)19-20(26)24-22(28)25(21(19)27)14-16-10-6-4-7-11-16/h4-13,15,27H,3,14H2,1-2H3,(H,24,26,28). The maximum atomic E-state index is 12.5. The number of hydrogen-bond acceptors (Lipinski definition) is 4. The molecular weight excluding hydrogens is 354 g/mol. The van der Waals surface area contributed by atoms with Gasteiger partial charge in [-0.3, -0.25) is 19.3 Å². The van der Waals surface area contributed by atoms with Crippen molar-refractivity contribution in [2.75, 3.05) is 0 Å². The molecule has 0 saturated heterocycles. The van der Waals surface area contributed by atoms with Crippen molar-refractivity contribution in [1.82, 2.24) is 9.55 Å². The minimum absolute atomic E-state index is 0.0424. The molecule has 0 aliphatic rings. The van der Waals surface area contributed by atoms with Crippen molar-refractivity contribution < 1.29 is 5.11 Å². The van der Waals surface area contributed by atoms with Gasteiger partial charge in [-0.05, 0) is 24.5 Å². The van der Waals surface area contributed by atoms with Crippen LogP contribution in [0.1, 0.15) is 43.0 Å². The molecule has 6 heteroatoms. The quantitative estimate of drug-likeness (QED) is 0.647. The van der Waals surface area contributed by atoms with E-state index < -0.39 is 11.2 Å². The number of nitrogens with one attached hydrogen (secondary N) is 1. The third kappa shape index (κ3) is 4.11. The topological polar surface area (TPSA) is 87.4 Å². The molecule has 2 N–H and O–H groups in total. The maximum Gasteiger partial charge on any atom is 0.331 e. The lowest BCUT2D eigenvalue weighted by atomic mass is 10.1. The van der Waals surface area contributed by atoms with Crippen molar-refractivity contribution in [3.8, 4) is 5.88 Å². The monoisotopic (exact) mass is 377 g/mol. The minimum Gasteiger partial charge on any atom is -0.494 e. The predicted molar refractivity (Wildman–Crippen MR) is 110 cm³/mol. The zero-order valence-electron chi connectivity index (χ0n) is 15.9. The Kier molecular flexibility index (Phi) is 5.89. The Bertz CT molecular complexity index is 1080. The van der Waals surface area contributed by atoms with Crippen LogP contribution in [0.4, 0.5) is 0 Å². The van der Waals surface area contributed by atoms with E-state index in [0.717, 1.165) is 15.7 Å². The van der Waals surface area contributed by atoms with Crippen LogP contribution < -0.4 is 11.2 Å². The van der Waals surface area contributed by atoms with E-state index in [1.54, 1.807) is 0 Å². The average Bonchev–Trinajstić information content (AvgIpc) is 2.71. The van der Waals surface area contributed by atoms with Gasteiger partial charge in [-0.2, -0.15) is 0 Å². The molecule has 2 aromatic carbocycles. The minimum atomic E-state index is -0.651. The van der Waals surface area contributed by atoms with E-state index in [1.807, 2.05) is 74.5 Å². The summed E-state index contributed by atoms with van der Waals surface area (Å²) < 4.78 is 1.16. The molecule has 1 heterocycles. The first-order valence-corrected chi connectivity index (χ1v) is 9.23. The van der Waals surface area contributed by atoms with Gasteiger partial charge in [0.2, 0.25) is 5.88 Å². The highest BCUT2D eigenvalue weighted by Gasteiger charge is 2.19. The molecule has 3 rings (SSSR count). The van der Waals surface area contributed by atoms with E-state index >= 15 is 0 Å². The van der Waals surface area contributed by atoms with E-state index in [4.69, 9.17) is 0 Å². The predicted octanol–water partition coefficient (Wildman–Crippen LogP) is 3.25. The van der Waals surface area contributed by atoms with Gasteiger partial charge in [0, 0.05) is 0 Å². The Morgan fingerprint density at radius 1 is 1.07 bits per heavy atom. The number of aromatic hydroxyl groups is 1. The first kappa shape index (κ1) is 19.4. The Morgan fingerprint density at radius 3 is 2.29 bits per heavy atom. The first-order chi connectivity index (χ1) is 13.5. The second kappa shape index (κ2) is 8.52. The smallest absolute Gasteiger partial charge is 0.331 e. The normalized spacial score (nSPS) is 12.7. The van der Waals surface area contributed by atoms with Gasteiger partial charge in [-0.25, -0.2) is 4.79 Å².